The molecule has 0 bridgehead atoms. The second-order valence-corrected chi connectivity index (χ2v) is 5.67. The highest BCUT2D eigenvalue weighted by Crippen LogP contribution is 2.29. The Morgan fingerprint density at radius 1 is 1.25 bits per heavy atom. The third kappa shape index (κ3) is 3.73. The van der Waals surface area contributed by atoms with Gasteiger partial charge in [0, 0.05) is 6.07 Å². The number of alkyl halides is 3. The van der Waals surface area contributed by atoms with E-state index in [0.717, 1.165) is 18.2 Å². The van der Waals surface area contributed by atoms with E-state index in [-0.39, 0.29) is 11.4 Å². The van der Waals surface area contributed by atoms with E-state index in [4.69, 9.17) is 0 Å². The van der Waals surface area contributed by atoms with E-state index in [0.29, 0.717) is 0 Å². The Bertz CT molecular complexity index is 681. The van der Waals surface area contributed by atoms with Gasteiger partial charge in [-0.15, -0.1) is 0 Å². The van der Waals surface area contributed by atoms with Crippen molar-refractivity contribution in [2.45, 2.75) is 11.9 Å². The number of hydrogen-bond acceptors (Lipinski definition) is 4. The van der Waals surface area contributed by atoms with Gasteiger partial charge in [-0.05, 0) is 11.6 Å². The molecule has 0 saturated carbocycles. The van der Waals surface area contributed by atoms with Crippen molar-refractivity contribution in [3.8, 4) is 0 Å². The van der Waals surface area contributed by atoms with Crippen LogP contribution in [-0.4, -0.2) is 13.6 Å². The molecule has 0 saturated heterocycles. The second kappa shape index (κ2) is 5.16. The van der Waals surface area contributed by atoms with Crippen LogP contribution in [0.15, 0.2) is 41.1 Å². The van der Waals surface area contributed by atoms with E-state index in [1.807, 2.05) is 0 Å². The number of anilines is 1. The molecule has 108 valence electrons. The van der Waals surface area contributed by atoms with Crippen molar-refractivity contribution in [2.24, 2.45) is 0 Å². The molecule has 0 atom stereocenters. The average Bonchev–Trinajstić information content (AvgIpc) is 2.79. The maximum Gasteiger partial charge on any atom is 0.416 e. The molecule has 1 aromatic heterocycles. The average molecular weight is 306 g/mol. The number of nitrogens with one attached hydrogen (secondary N) is 1. The number of aromatic nitrogens is 1. The molecule has 0 unspecified atom stereocenters. The summed E-state index contributed by atoms with van der Waals surface area (Å²) >= 11 is 0. The lowest BCUT2D eigenvalue weighted by Gasteiger charge is -2.09. The highest BCUT2D eigenvalue weighted by Gasteiger charge is 2.30. The zero-order valence-corrected chi connectivity index (χ0v) is 10.7. The third-order valence-electron chi connectivity index (χ3n) is 2.31. The summed E-state index contributed by atoms with van der Waals surface area (Å²) in [5.41, 5.74) is -0.873. The van der Waals surface area contributed by atoms with Crippen LogP contribution in [0.5, 0.6) is 0 Å². The van der Waals surface area contributed by atoms with Crippen molar-refractivity contribution in [2.75, 3.05) is 4.72 Å². The Hall–Kier alpha value is -2.03. The van der Waals surface area contributed by atoms with E-state index in [1.54, 1.807) is 0 Å². The molecule has 0 aliphatic carbocycles. The minimum Gasteiger partial charge on any atom is -0.363 e. The monoisotopic (exact) mass is 306 g/mol. The first-order valence-electron chi connectivity index (χ1n) is 5.33. The van der Waals surface area contributed by atoms with Gasteiger partial charge in [0.25, 0.3) is 0 Å². The molecule has 9 heteroatoms. The smallest absolute Gasteiger partial charge is 0.363 e. The summed E-state index contributed by atoms with van der Waals surface area (Å²) in [7, 11) is -3.86. The van der Waals surface area contributed by atoms with Crippen LogP contribution in [0.2, 0.25) is 0 Å². The van der Waals surface area contributed by atoms with Gasteiger partial charge in [0.15, 0.2) is 5.82 Å². The van der Waals surface area contributed by atoms with Crippen molar-refractivity contribution in [3.63, 3.8) is 0 Å². The van der Waals surface area contributed by atoms with Crippen molar-refractivity contribution in [3.05, 3.63) is 47.7 Å². The van der Waals surface area contributed by atoms with Crippen molar-refractivity contribution in [1.82, 2.24) is 5.16 Å². The summed E-state index contributed by atoms with van der Waals surface area (Å²) in [6.45, 7) is 0. The Morgan fingerprint density at radius 2 is 2.00 bits per heavy atom. The van der Waals surface area contributed by atoms with Gasteiger partial charge in [0.1, 0.15) is 6.26 Å². The highest BCUT2D eigenvalue weighted by molar-refractivity contribution is 7.91. The van der Waals surface area contributed by atoms with Gasteiger partial charge >= 0.3 is 6.18 Å². The summed E-state index contributed by atoms with van der Waals surface area (Å²) in [6, 6.07) is 5.41. The number of hydrogen-bond donors (Lipinski definition) is 1. The lowest BCUT2D eigenvalue weighted by molar-refractivity contribution is -0.137. The Kier molecular flexibility index (Phi) is 3.71. The molecule has 0 fully saturated rings. The molecule has 1 aromatic carbocycles. The van der Waals surface area contributed by atoms with Gasteiger partial charge < -0.3 is 4.52 Å². The predicted molar refractivity (Wildman–Crippen MR) is 64.2 cm³/mol. The molecule has 0 amide bonds. The van der Waals surface area contributed by atoms with E-state index in [2.05, 4.69) is 14.4 Å². The summed E-state index contributed by atoms with van der Waals surface area (Å²) < 4.78 is 67.6. The molecule has 0 aliphatic rings. The van der Waals surface area contributed by atoms with E-state index in [9.17, 15) is 21.6 Å². The maximum absolute atomic E-state index is 12.5. The first-order valence-corrected chi connectivity index (χ1v) is 6.98. The van der Waals surface area contributed by atoms with E-state index >= 15 is 0 Å². The molecule has 5 nitrogen and oxygen atoms in total. The lowest BCUT2D eigenvalue weighted by atomic mass is 10.1. The van der Waals surface area contributed by atoms with Gasteiger partial charge in [0.2, 0.25) is 10.0 Å². The normalized spacial score (nSPS) is 12.3. The summed E-state index contributed by atoms with van der Waals surface area (Å²) in [4.78, 5) is 0. The molecule has 1 heterocycles. The van der Waals surface area contributed by atoms with Crippen LogP contribution in [0.1, 0.15) is 11.1 Å². The number of rotatable bonds is 4. The minimum atomic E-state index is -4.51. The van der Waals surface area contributed by atoms with E-state index in [1.165, 1.54) is 18.4 Å². The fourth-order valence-electron chi connectivity index (χ4n) is 1.52. The Morgan fingerprint density at radius 3 is 2.60 bits per heavy atom. The SMILES string of the molecule is O=S(=O)(Cc1cccc(C(F)(F)F)c1)Nc1ccon1. The molecule has 2 aromatic rings. The van der Waals surface area contributed by atoms with Crippen LogP contribution in [0.25, 0.3) is 0 Å². The van der Waals surface area contributed by atoms with Crippen molar-refractivity contribution >= 4 is 15.8 Å². The Balaban J connectivity index is 2.17. The van der Waals surface area contributed by atoms with E-state index < -0.39 is 27.5 Å². The van der Waals surface area contributed by atoms with Gasteiger partial charge in [0.05, 0.1) is 11.3 Å². The summed E-state index contributed by atoms with van der Waals surface area (Å²) in [5, 5.41) is 3.35. The minimum absolute atomic E-state index is 0.0239. The third-order valence-corrected chi connectivity index (χ3v) is 3.54. The fraction of sp³-hybridized carbons (Fsp3) is 0.182. The molecule has 0 spiro atoms. The zero-order valence-electron chi connectivity index (χ0n) is 9.89. The van der Waals surface area contributed by atoms with Gasteiger partial charge in [-0.3, -0.25) is 4.72 Å². The summed E-state index contributed by atoms with van der Waals surface area (Å²) in [5.74, 6) is -0.624. The topological polar surface area (TPSA) is 72.2 Å². The second-order valence-electron chi connectivity index (χ2n) is 3.94. The van der Waals surface area contributed by atoms with Gasteiger partial charge in [-0.2, -0.15) is 13.2 Å². The highest BCUT2D eigenvalue weighted by atomic mass is 32.2. The largest absolute Gasteiger partial charge is 0.416 e. The quantitative estimate of drug-likeness (QED) is 0.942. The standard InChI is InChI=1S/C11H9F3N2O3S/c12-11(13,14)9-3-1-2-8(6-9)7-20(17,18)16-10-4-5-19-15-10/h1-6H,7H2,(H,15,16). The van der Waals surface area contributed by atoms with Crippen LogP contribution in [0.3, 0.4) is 0 Å². The molecular formula is C11H9F3N2O3S. The maximum atomic E-state index is 12.5. The van der Waals surface area contributed by atoms with Crippen LogP contribution >= 0.6 is 0 Å². The number of sulfonamides is 1. The number of benzene rings is 1. The Labute approximate surface area is 112 Å². The lowest BCUT2D eigenvalue weighted by Crippen LogP contribution is -2.16. The molecule has 2 rings (SSSR count). The zero-order chi connectivity index (χ0) is 14.8. The molecule has 0 radical (unpaired) electrons. The predicted octanol–water partition coefficient (Wildman–Crippen LogP) is 2.64. The summed E-state index contributed by atoms with van der Waals surface area (Å²) in [6.07, 6.45) is -3.35. The van der Waals surface area contributed by atoms with Crippen LogP contribution in [0, 0.1) is 0 Å². The van der Waals surface area contributed by atoms with Crippen LogP contribution in [0.4, 0.5) is 19.0 Å². The number of nitrogens with zero attached hydrogens (tertiary/aromatic N) is 1. The molecule has 1 N–H and O–H groups in total. The van der Waals surface area contributed by atoms with Crippen molar-refractivity contribution in [1.29, 1.82) is 0 Å². The fourth-order valence-corrected chi connectivity index (χ4v) is 2.63. The van der Waals surface area contributed by atoms with Crippen molar-refractivity contribution < 1.29 is 26.1 Å². The first-order chi connectivity index (χ1) is 9.26. The van der Waals surface area contributed by atoms with Gasteiger partial charge in [-0.25, -0.2) is 8.42 Å². The molecule has 0 aliphatic heterocycles. The van der Waals surface area contributed by atoms with Crippen LogP contribution in [-0.2, 0) is 22.0 Å². The molecular weight excluding hydrogens is 297 g/mol. The van der Waals surface area contributed by atoms with Crippen LogP contribution < -0.4 is 4.72 Å². The van der Waals surface area contributed by atoms with Gasteiger partial charge in [-0.1, -0.05) is 23.4 Å². The molecule has 20 heavy (non-hydrogen) atoms. The first kappa shape index (κ1) is 14.4. The number of halogens is 3.